The van der Waals surface area contributed by atoms with Crippen molar-refractivity contribution in [3.63, 3.8) is 0 Å². The summed E-state index contributed by atoms with van der Waals surface area (Å²) in [5.41, 5.74) is 2.47. The summed E-state index contributed by atoms with van der Waals surface area (Å²) < 4.78 is 10.7. The fourth-order valence-electron chi connectivity index (χ4n) is 2.50. The Morgan fingerprint density at radius 3 is 2.67 bits per heavy atom. The smallest absolute Gasteiger partial charge is 0.350 e. The van der Waals surface area contributed by atoms with Gasteiger partial charge in [0.15, 0.2) is 5.78 Å². The van der Waals surface area contributed by atoms with Gasteiger partial charge in [-0.3, -0.25) is 9.78 Å². The van der Waals surface area contributed by atoms with Gasteiger partial charge in [-0.1, -0.05) is 6.07 Å². The number of carbonyl (C=O) groups is 2. The van der Waals surface area contributed by atoms with E-state index in [2.05, 4.69) is 9.97 Å². The molecule has 0 atom stereocenters. The van der Waals surface area contributed by atoms with Crippen molar-refractivity contribution in [1.29, 1.82) is 0 Å². The number of aromatic nitrogens is 2. The highest BCUT2D eigenvalue weighted by molar-refractivity contribution is 7.17. The first-order valence-electron chi connectivity index (χ1n) is 8.23. The van der Waals surface area contributed by atoms with Crippen LogP contribution in [0.1, 0.15) is 38.2 Å². The number of methoxy groups -OCH3 is 1. The lowest BCUT2D eigenvalue weighted by atomic mass is 10.1. The van der Waals surface area contributed by atoms with Gasteiger partial charge in [0.25, 0.3) is 0 Å². The molecule has 0 N–H and O–H groups in total. The highest BCUT2D eigenvalue weighted by Gasteiger charge is 2.19. The number of aryl methyl sites for hydroxylation is 1. The monoisotopic (exact) mass is 382 g/mol. The van der Waals surface area contributed by atoms with Gasteiger partial charge in [0.2, 0.25) is 0 Å². The fourth-order valence-corrected chi connectivity index (χ4v) is 3.44. The number of pyridine rings is 1. The van der Waals surface area contributed by atoms with Crippen LogP contribution in [0.4, 0.5) is 0 Å². The van der Waals surface area contributed by atoms with Crippen LogP contribution in [0.15, 0.2) is 42.6 Å². The van der Waals surface area contributed by atoms with E-state index in [0.29, 0.717) is 38.1 Å². The molecule has 3 aromatic rings. The van der Waals surface area contributed by atoms with Crippen LogP contribution >= 0.6 is 11.3 Å². The standard InChI is InChI=1S/C20H18N2O4S/c1-12-18(27-19(22-12)16-6-4-5-9-21-16)20(24)26-11-15-10-14(13(2)23)7-8-17(15)25-3/h4-10H,11H2,1-3H3. The first-order chi connectivity index (χ1) is 13.0. The SMILES string of the molecule is COc1ccc(C(C)=O)cc1COC(=O)c1sc(-c2ccccn2)nc1C. The number of hydrogen-bond acceptors (Lipinski definition) is 7. The molecule has 2 heterocycles. The van der Waals surface area contributed by atoms with E-state index in [4.69, 9.17) is 9.47 Å². The van der Waals surface area contributed by atoms with Crippen LogP contribution < -0.4 is 4.74 Å². The van der Waals surface area contributed by atoms with Gasteiger partial charge < -0.3 is 9.47 Å². The molecule has 0 aliphatic rings. The molecule has 0 saturated carbocycles. The summed E-state index contributed by atoms with van der Waals surface area (Å²) in [6.07, 6.45) is 1.68. The highest BCUT2D eigenvalue weighted by atomic mass is 32.1. The van der Waals surface area contributed by atoms with Gasteiger partial charge in [-0.25, -0.2) is 9.78 Å². The van der Waals surface area contributed by atoms with E-state index < -0.39 is 5.97 Å². The van der Waals surface area contributed by atoms with Gasteiger partial charge >= 0.3 is 5.97 Å². The number of hydrogen-bond donors (Lipinski definition) is 0. The minimum atomic E-state index is -0.470. The summed E-state index contributed by atoms with van der Waals surface area (Å²) >= 11 is 1.24. The van der Waals surface area contributed by atoms with Gasteiger partial charge in [0, 0.05) is 17.3 Å². The van der Waals surface area contributed by atoms with Crippen molar-refractivity contribution in [1.82, 2.24) is 9.97 Å². The lowest BCUT2D eigenvalue weighted by molar-refractivity contribution is 0.0475. The van der Waals surface area contributed by atoms with Crippen LogP contribution in [0, 0.1) is 6.92 Å². The maximum absolute atomic E-state index is 12.5. The number of esters is 1. The molecule has 7 heteroatoms. The van der Waals surface area contributed by atoms with Crippen molar-refractivity contribution in [2.45, 2.75) is 20.5 Å². The van der Waals surface area contributed by atoms with Gasteiger partial charge in [-0.05, 0) is 44.2 Å². The predicted molar refractivity (Wildman–Crippen MR) is 102 cm³/mol. The molecular weight excluding hydrogens is 364 g/mol. The third-order valence-electron chi connectivity index (χ3n) is 3.91. The number of carbonyl (C=O) groups excluding carboxylic acids is 2. The minimum Gasteiger partial charge on any atom is -0.496 e. The quantitative estimate of drug-likeness (QED) is 0.472. The van der Waals surface area contributed by atoms with Crippen molar-refractivity contribution in [2.24, 2.45) is 0 Å². The normalized spacial score (nSPS) is 10.5. The van der Waals surface area contributed by atoms with Crippen LogP contribution in [-0.4, -0.2) is 28.8 Å². The molecule has 6 nitrogen and oxygen atoms in total. The number of nitrogens with zero attached hydrogens (tertiary/aromatic N) is 2. The molecule has 0 amide bonds. The first kappa shape index (κ1) is 18.7. The van der Waals surface area contributed by atoms with Crippen molar-refractivity contribution in [3.05, 3.63) is 64.3 Å². The molecule has 27 heavy (non-hydrogen) atoms. The Labute approximate surface area is 160 Å². The van der Waals surface area contributed by atoms with Gasteiger partial charge in [0.1, 0.15) is 22.2 Å². The number of Topliss-reactive ketones (excluding diaryl/α,β-unsaturated/α-hetero) is 1. The largest absolute Gasteiger partial charge is 0.496 e. The van der Waals surface area contributed by atoms with Crippen LogP contribution in [-0.2, 0) is 11.3 Å². The van der Waals surface area contributed by atoms with E-state index in [1.165, 1.54) is 25.4 Å². The Kier molecular flexibility index (Phi) is 5.61. The fraction of sp³-hybridized carbons (Fsp3) is 0.200. The number of ketones is 1. The molecule has 0 aliphatic heterocycles. The molecule has 0 aliphatic carbocycles. The Bertz CT molecular complexity index is 983. The van der Waals surface area contributed by atoms with Crippen molar-refractivity contribution >= 4 is 23.1 Å². The molecule has 0 saturated heterocycles. The number of benzene rings is 1. The molecule has 0 fully saturated rings. The summed E-state index contributed by atoms with van der Waals surface area (Å²) in [5.74, 6) is 0.0222. The lowest BCUT2D eigenvalue weighted by Crippen LogP contribution is -2.06. The van der Waals surface area contributed by atoms with E-state index in [1.54, 1.807) is 31.3 Å². The average Bonchev–Trinajstić information content (AvgIpc) is 3.08. The third kappa shape index (κ3) is 4.20. The van der Waals surface area contributed by atoms with E-state index in [-0.39, 0.29) is 12.4 Å². The molecule has 0 spiro atoms. The van der Waals surface area contributed by atoms with E-state index in [1.807, 2.05) is 18.2 Å². The number of rotatable bonds is 6. The molecule has 1 aromatic carbocycles. The summed E-state index contributed by atoms with van der Waals surface area (Å²) in [5, 5.41) is 0.663. The van der Waals surface area contributed by atoms with E-state index in [0.717, 1.165) is 0 Å². The highest BCUT2D eigenvalue weighted by Crippen LogP contribution is 2.28. The Morgan fingerprint density at radius 1 is 1.19 bits per heavy atom. The molecule has 138 valence electrons. The Balaban J connectivity index is 1.78. The zero-order valence-corrected chi connectivity index (χ0v) is 16.0. The van der Waals surface area contributed by atoms with Crippen LogP contribution in [0.5, 0.6) is 5.75 Å². The predicted octanol–water partition coefficient (Wildman–Crippen LogP) is 4.08. The maximum Gasteiger partial charge on any atom is 0.350 e. The minimum absolute atomic E-state index is 0.000608. The Hall–Kier alpha value is -3.06. The summed E-state index contributed by atoms with van der Waals surface area (Å²) in [6.45, 7) is 3.24. The molecule has 0 bridgehead atoms. The van der Waals surface area contributed by atoms with Gasteiger partial charge in [-0.2, -0.15) is 0 Å². The molecule has 2 aromatic heterocycles. The van der Waals surface area contributed by atoms with Crippen LogP contribution in [0.3, 0.4) is 0 Å². The van der Waals surface area contributed by atoms with Gasteiger partial charge in [-0.15, -0.1) is 11.3 Å². The molecule has 0 unspecified atom stereocenters. The van der Waals surface area contributed by atoms with E-state index in [9.17, 15) is 9.59 Å². The number of thiazole rings is 1. The summed E-state index contributed by atoms with van der Waals surface area (Å²) in [4.78, 5) is 33.2. The third-order valence-corrected chi connectivity index (χ3v) is 5.07. The first-order valence-corrected chi connectivity index (χ1v) is 9.05. The molecule has 0 radical (unpaired) electrons. The van der Waals surface area contributed by atoms with Crippen molar-refractivity contribution in [2.75, 3.05) is 7.11 Å². The second kappa shape index (κ2) is 8.09. The number of ether oxygens (including phenoxy) is 2. The second-order valence-corrected chi connectivity index (χ2v) is 6.81. The van der Waals surface area contributed by atoms with Crippen LogP contribution in [0.2, 0.25) is 0 Å². The van der Waals surface area contributed by atoms with Crippen molar-refractivity contribution in [3.8, 4) is 16.5 Å². The topological polar surface area (TPSA) is 78.4 Å². The summed E-state index contributed by atoms with van der Waals surface area (Å²) in [7, 11) is 1.53. The Morgan fingerprint density at radius 2 is 2.00 bits per heavy atom. The molecule has 3 rings (SSSR count). The van der Waals surface area contributed by atoms with Crippen LogP contribution in [0.25, 0.3) is 10.7 Å². The van der Waals surface area contributed by atoms with Crippen molar-refractivity contribution < 1.29 is 19.1 Å². The molecular formula is C20H18N2O4S. The lowest BCUT2D eigenvalue weighted by Gasteiger charge is -2.10. The zero-order chi connectivity index (χ0) is 19.4. The summed E-state index contributed by atoms with van der Waals surface area (Å²) in [6, 6.07) is 10.6. The zero-order valence-electron chi connectivity index (χ0n) is 15.2. The maximum atomic E-state index is 12.5. The second-order valence-electron chi connectivity index (χ2n) is 5.81. The van der Waals surface area contributed by atoms with Gasteiger partial charge in [0.05, 0.1) is 18.5 Å². The van der Waals surface area contributed by atoms with E-state index >= 15 is 0 Å². The average molecular weight is 382 g/mol.